The van der Waals surface area contributed by atoms with Crippen LogP contribution in [0.4, 0.5) is 16.2 Å². The minimum absolute atomic E-state index is 0.00972. The van der Waals surface area contributed by atoms with Crippen molar-refractivity contribution in [2.24, 2.45) is 0 Å². The summed E-state index contributed by atoms with van der Waals surface area (Å²) >= 11 is 0. The lowest BCUT2D eigenvalue weighted by Crippen LogP contribution is -2.36. The van der Waals surface area contributed by atoms with Crippen molar-refractivity contribution in [3.63, 3.8) is 0 Å². The first-order valence-electron chi connectivity index (χ1n) is 30.4. The zero-order valence-electron chi connectivity index (χ0n) is 53.9. The molecule has 23 nitrogen and oxygen atoms in total. The number of rotatable bonds is 27. The van der Waals surface area contributed by atoms with E-state index in [1.807, 2.05) is 55.9 Å². The Kier molecular flexibility index (Phi) is 26.8. The van der Waals surface area contributed by atoms with E-state index in [-0.39, 0.29) is 62.0 Å². The van der Waals surface area contributed by atoms with E-state index in [2.05, 4.69) is 43.7 Å². The number of aliphatic carboxylic acids is 2. The summed E-state index contributed by atoms with van der Waals surface area (Å²) in [6.45, 7) is 18.8. The Morgan fingerprint density at radius 2 is 0.934 bits per heavy atom. The summed E-state index contributed by atoms with van der Waals surface area (Å²) in [4.78, 5) is 92.2. The summed E-state index contributed by atoms with van der Waals surface area (Å²) in [6.07, 6.45) is 1.10. The number of hydrogen-bond donors (Lipinski definition) is 6. The van der Waals surface area contributed by atoms with Crippen LogP contribution in [0.2, 0.25) is 0 Å². The van der Waals surface area contributed by atoms with Crippen molar-refractivity contribution in [3.8, 4) is 35.2 Å². The molecule has 492 valence electrons. The maximum absolute atomic E-state index is 13.4. The van der Waals surface area contributed by atoms with Crippen LogP contribution >= 0.6 is 22.1 Å². The Labute approximate surface area is 534 Å². The zero-order valence-corrected chi connectivity index (χ0v) is 56.6. The number of carboxylic acid groups (broad SMARTS) is 2. The Bertz CT molecular complexity index is 3460. The number of amides is 1. The molecule has 5 aromatic rings. The van der Waals surface area contributed by atoms with Gasteiger partial charge in [-0.15, -0.1) is 0 Å². The Hall–Kier alpha value is -7.13. The van der Waals surface area contributed by atoms with Crippen LogP contribution in [0.15, 0.2) is 72.8 Å². The minimum atomic E-state index is -3.91. The fraction of sp³-hybridized carbons (Fsp3) is 0.477. The van der Waals surface area contributed by atoms with Gasteiger partial charge in [0, 0.05) is 148 Å². The number of nitrogens with one attached hydrogen (secondary N) is 1. The molecule has 4 heterocycles. The van der Waals surface area contributed by atoms with E-state index in [0.717, 1.165) is 16.9 Å². The number of hydrogen-bond acceptors (Lipinski definition) is 17. The normalized spacial score (nSPS) is 15.3. The van der Waals surface area contributed by atoms with Crippen molar-refractivity contribution >= 4 is 67.8 Å². The molecule has 0 aliphatic carbocycles. The van der Waals surface area contributed by atoms with Gasteiger partial charge in [-0.1, -0.05) is 23.7 Å². The largest absolute Gasteiger partial charge is 0.491 e. The second-order valence-corrected chi connectivity index (χ2v) is 30.5. The number of nitrogens with zero attached hydrogens (tertiary/aromatic N) is 8. The molecule has 3 aromatic heterocycles. The standard InChI is InChI=1S/C65H88N9O14P3/c1-11-70(6)55-39-47(23-25-57(55)86-34-14-17-62(75)76)19-21-50-37-53(68-60(42-50)90(9,82)83)45-73-30-28-72(44-52-36-49(41-59(67-52)89(8,80)81)16-13-27-66-64(79)88-65(3,4)5)29-31-74(33-32-73)46-54-38-51(43-61(69-54)91(10,84)85)22-20-48-24-26-58(56(40-48)71(7)12-2)87-35-15-18-63(77)78/h23-26,36-43H,11-18,27-35,44-46H2,1-10H3,(H,66,79)(H,75,76)(H,77,78)(H,80,81)(H,82,83)(H,84,85). The molecule has 1 aliphatic rings. The van der Waals surface area contributed by atoms with E-state index in [9.17, 15) is 42.8 Å². The molecule has 1 amide bonds. The predicted octanol–water partition coefficient (Wildman–Crippen LogP) is 6.92. The van der Waals surface area contributed by atoms with Crippen LogP contribution in [-0.4, -0.2) is 184 Å². The Morgan fingerprint density at radius 1 is 0.560 bits per heavy atom. The molecular formula is C65H88N9O14P3. The molecule has 3 unspecified atom stereocenters. The number of benzene rings is 2. The highest BCUT2D eigenvalue weighted by Gasteiger charge is 2.25. The number of alkyl carbamates (subject to hydrolysis) is 1. The van der Waals surface area contributed by atoms with Gasteiger partial charge in [-0.3, -0.25) is 38.0 Å². The van der Waals surface area contributed by atoms with Gasteiger partial charge in [-0.05, 0) is 139 Å². The maximum atomic E-state index is 13.4. The smallest absolute Gasteiger partial charge is 0.407 e. The van der Waals surface area contributed by atoms with E-state index in [1.165, 1.54) is 32.1 Å². The molecule has 1 fully saturated rings. The lowest BCUT2D eigenvalue weighted by Gasteiger charge is -2.26. The molecule has 0 spiro atoms. The van der Waals surface area contributed by atoms with E-state index in [1.54, 1.807) is 63.2 Å². The molecule has 2 aromatic carbocycles. The molecule has 0 bridgehead atoms. The van der Waals surface area contributed by atoms with Crippen molar-refractivity contribution in [1.29, 1.82) is 0 Å². The third kappa shape index (κ3) is 24.8. The highest BCUT2D eigenvalue weighted by Crippen LogP contribution is 2.36. The van der Waals surface area contributed by atoms with Gasteiger partial charge in [0.1, 0.15) is 33.4 Å². The Morgan fingerprint density at radius 3 is 1.30 bits per heavy atom. The average Bonchev–Trinajstić information content (AvgIpc) is 2.06. The minimum Gasteiger partial charge on any atom is -0.491 e. The van der Waals surface area contributed by atoms with Gasteiger partial charge in [-0.2, -0.15) is 0 Å². The number of ether oxygens (including phenoxy) is 3. The molecule has 0 radical (unpaired) electrons. The maximum Gasteiger partial charge on any atom is 0.407 e. The molecular weight excluding hydrogens is 1220 g/mol. The summed E-state index contributed by atoms with van der Waals surface area (Å²) in [7, 11) is -7.84. The number of carboxylic acids is 2. The van der Waals surface area contributed by atoms with Gasteiger partial charge in [0.25, 0.3) is 0 Å². The number of aryl methyl sites for hydroxylation is 1. The number of carbonyl (C=O) groups excluding carboxylic acids is 1. The van der Waals surface area contributed by atoms with Crippen LogP contribution in [0.1, 0.15) is 112 Å². The summed E-state index contributed by atoms with van der Waals surface area (Å²) in [5.74, 6) is 12.2. The van der Waals surface area contributed by atoms with E-state index in [4.69, 9.17) is 39.4 Å². The third-order valence-corrected chi connectivity index (χ3v) is 17.8. The monoisotopic (exact) mass is 1310 g/mol. The van der Waals surface area contributed by atoms with Crippen LogP contribution in [0.3, 0.4) is 0 Å². The second-order valence-electron chi connectivity index (χ2n) is 23.8. The lowest BCUT2D eigenvalue weighted by atomic mass is 10.1. The van der Waals surface area contributed by atoms with Gasteiger partial charge in [0.05, 0.1) is 41.7 Å². The molecule has 0 saturated carbocycles. The first-order valence-corrected chi connectivity index (χ1v) is 36.7. The van der Waals surface area contributed by atoms with Gasteiger partial charge in [-0.25, -0.2) is 19.7 Å². The van der Waals surface area contributed by atoms with Gasteiger partial charge in [0.15, 0.2) is 0 Å². The summed E-state index contributed by atoms with van der Waals surface area (Å²) in [5, 5.41) is 21.0. The van der Waals surface area contributed by atoms with Gasteiger partial charge in [0.2, 0.25) is 22.1 Å². The SMILES string of the molecule is CCN(C)c1cc(C#Cc2cc(CN3CCN(Cc4cc(C#Cc5ccc(OCCCC(=O)O)c(N(C)CC)c5)cc(P(C)(=O)O)n4)CCN(Cc4cc(CCCNC(=O)OC(C)(C)C)cc(P(C)(=O)O)n4)CC3)nc(P(C)(=O)O)c2)ccc1OCCCC(=O)O. The Balaban J connectivity index is 1.34. The first-order chi connectivity index (χ1) is 42.8. The van der Waals surface area contributed by atoms with Crippen LogP contribution in [-0.2, 0) is 54.1 Å². The topological polar surface area (TPSA) is 298 Å². The first kappa shape index (κ1) is 72.9. The molecule has 6 rings (SSSR count). The average molecular weight is 1310 g/mol. The van der Waals surface area contributed by atoms with Crippen molar-refractivity contribution in [3.05, 3.63) is 118 Å². The number of anilines is 2. The summed E-state index contributed by atoms with van der Waals surface area (Å²) in [6, 6.07) is 21.2. The predicted molar refractivity (Wildman–Crippen MR) is 355 cm³/mol. The second kappa shape index (κ2) is 33.4. The fourth-order valence-electron chi connectivity index (χ4n) is 9.56. The van der Waals surface area contributed by atoms with Crippen LogP contribution in [0.5, 0.6) is 11.5 Å². The van der Waals surface area contributed by atoms with Gasteiger partial charge >= 0.3 is 18.0 Å². The quantitative estimate of drug-likeness (QED) is 0.0176. The van der Waals surface area contributed by atoms with Crippen LogP contribution in [0, 0.1) is 23.7 Å². The third-order valence-electron chi connectivity index (χ3n) is 14.6. The molecule has 1 saturated heterocycles. The van der Waals surface area contributed by atoms with Crippen molar-refractivity contribution in [2.75, 3.05) is 116 Å². The number of carbonyl (C=O) groups is 3. The summed E-state index contributed by atoms with van der Waals surface area (Å²) < 4.78 is 57.5. The van der Waals surface area contributed by atoms with Crippen LogP contribution in [0.25, 0.3) is 0 Å². The summed E-state index contributed by atoms with van der Waals surface area (Å²) in [5.41, 5.74) is 5.48. The van der Waals surface area contributed by atoms with Crippen molar-refractivity contribution in [1.82, 2.24) is 35.0 Å². The van der Waals surface area contributed by atoms with Crippen molar-refractivity contribution in [2.45, 2.75) is 98.4 Å². The molecule has 6 N–H and O–H groups in total. The van der Waals surface area contributed by atoms with E-state index in [0.29, 0.717) is 135 Å². The zero-order chi connectivity index (χ0) is 66.7. The lowest BCUT2D eigenvalue weighted by molar-refractivity contribution is -0.138. The molecule has 91 heavy (non-hydrogen) atoms. The van der Waals surface area contributed by atoms with Gasteiger partial charge < -0.3 is 54.2 Å². The van der Waals surface area contributed by atoms with E-state index >= 15 is 0 Å². The molecule has 3 atom stereocenters. The van der Waals surface area contributed by atoms with E-state index < -0.39 is 45.7 Å². The van der Waals surface area contributed by atoms with Crippen LogP contribution < -0.4 is 40.9 Å². The molecule has 26 heteroatoms. The van der Waals surface area contributed by atoms with Crippen molar-refractivity contribution < 1.29 is 67.2 Å². The highest BCUT2D eigenvalue weighted by atomic mass is 31.2. The number of pyridine rings is 3. The highest BCUT2D eigenvalue weighted by molar-refractivity contribution is 7.65. The molecule has 1 aliphatic heterocycles. The fourth-order valence-corrected chi connectivity index (χ4v) is 11.7. The number of aromatic nitrogens is 3.